The van der Waals surface area contributed by atoms with E-state index in [1.54, 1.807) is 12.1 Å². The van der Waals surface area contributed by atoms with Gasteiger partial charge in [-0.15, -0.1) is 13.2 Å². The van der Waals surface area contributed by atoms with Crippen LogP contribution < -0.4 is 10.5 Å². The lowest BCUT2D eigenvalue weighted by Crippen LogP contribution is -2.17. The summed E-state index contributed by atoms with van der Waals surface area (Å²) in [6, 6.07) is 7.82. The normalized spacial score (nSPS) is 13.0. The first-order valence-corrected chi connectivity index (χ1v) is 7.56. The van der Waals surface area contributed by atoms with Crippen LogP contribution in [0.3, 0.4) is 0 Å². The predicted octanol–water partition coefficient (Wildman–Crippen LogP) is 4.86. The van der Waals surface area contributed by atoms with Gasteiger partial charge in [0.05, 0.1) is 10.5 Å². The lowest BCUT2D eigenvalue weighted by Gasteiger charge is -2.17. The second-order valence-corrected chi connectivity index (χ2v) is 6.09. The summed E-state index contributed by atoms with van der Waals surface area (Å²) in [5.74, 6) is -0.363. The first-order valence-electron chi connectivity index (χ1n) is 5.97. The predicted molar refractivity (Wildman–Crippen MR) is 82.7 cm³/mol. The van der Waals surface area contributed by atoms with Crippen molar-refractivity contribution >= 4 is 31.9 Å². The highest BCUT2D eigenvalue weighted by atomic mass is 79.9. The molecule has 0 heterocycles. The van der Waals surface area contributed by atoms with Gasteiger partial charge >= 0.3 is 6.36 Å². The van der Waals surface area contributed by atoms with Gasteiger partial charge in [0.1, 0.15) is 11.5 Å². The third kappa shape index (κ3) is 3.93. The highest BCUT2D eigenvalue weighted by Gasteiger charge is 2.31. The molecular formula is C14H10Br2F3NO2. The molecule has 0 aliphatic carbocycles. The van der Waals surface area contributed by atoms with Crippen molar-refractivity contribution in [2.75, 3.05) is 0 Å². The number of aromatic hydroxyl groups is 1. The number of hydrogen-bond acceptors (Lipinski definition) is 3. The number of rotatable bonds is 3. The summed E-state index contributed by atoms with van der Waals surface area (Å²) in [7, 11) is 0. The number of phenolic OH excluding ortho intramolecular Hbond substituents is 1. The van der Waals surface area contributed by atoms with E-state index in [0.29, 0.717) is 20.1 Å². The molecule has 2 aromatic carbocycles. The van der Waals surface area contributed by atoms with Crippen molar-refractivity contribution in [2.45, 2.75) is 12.4 Å². The van der Waals surface area contributed by atoms with E-state index in [9.17, 15) is 18.3 Å². The van der Waals surface area contributed by atoms with Crippen molar-refractivity contribution in [3.05, 3.63) is 56.5 Å². The van der Waals surface area contributed by atoms with Gasteiger partial charge in [-0.05, 0) is 45.8 Å². The van der Waals surface area contributed by atoms with E-state index in [0.717, 1.165) is 0 Å². The minimum absolute atomic E-state index is 0.0301. The monoisotopic (exact) mass is 439 g/mol. The quantitative estimate of drug-likeness (QED) is 0.716. The van der Waals surface area contributed by atoms with Crippen LogP contribution in [0.1, 0.15) is 17.2 Å². The lowest BCUT2D eigenvalue weighted by atomic mass is 9.99. The first kappa shape index (κ1) is 17.1. The largest absolute Gasteiger partial charge is 0.573 e. The summed E-state index contributed by atoms with van der Waals surface area (Å²) in [5.41, 5.74) is 7.05. The van der Waals surface area contributed by atoms with E-state index in [1.807, 2.05) is 0 Å². The lowest BCUT2D eigenvalue weighted by molar-refractivity contribution is -0.274. The summed E-state index contributed by atoms with van der Waals surface area (Å²) >= 11 is 6.49. The number of hydrogen-bond donors (Lipinski definition) is 2. The van der Waals surface area contributed by atoms with E-state index < -0.39 is 12.4 Å². The molecule has 0 saturated carbocycles. The first-order chi connectivity index (χ1) is 10.2. The highest BCUT2D eigenvalue weighted by molar-refractivity contribution is 9.11. The number of benzene rings is 2. The molecule has 0 aromatic heterocycles. The Morgan fingerprint density at radius 3 is 2.09 bits per heavy atom. The van der Waals surface area contributed by atoms with E-state index in [1.165, 1.54) is 24.3 Å². The Kier molecular flexibility index (Phi) is 5.03. The number of halogens is 5. The smallest absolute Gasteiger partial charge is 0.506 e. The number of phenols is 1. The van der Waals surface area contributed by atoms with Crippen LogP contribution in [0.5, 0.6) is 11.5 Å². The second-order valence-electron chi connectivity index (χ2n) is 4.39. The van der Waals surface area contributed by atoms with E-state index in [2.05, 4.69) is 36.6 Å². The maximum atomic E-state index is 12.1. The minimum Gasteiger partial charge on any atom is -0.506 e. The summed E-state index contributed by atoms with van der Waals surface area (Å²) < 4.78 is 41.2. The number of nitrogens with two attached hydrogens (primary N) is 1. The van der Waals surface area contributed by atoms with Crippen molar-refractivity contribution in [3.63, 3.8) is 0 Å². The summed E-state index contributed by atoms with van der Waals surface area (Å²) in [5, 5.41) is 10.1. The van der Waals surface area contributed by atoms with Gasteiger partial charge in [-0.2, -0.15) is 0 Å². The van der Waals surface area contributed by atoms with Gasteiger partial charge in [-0.25, -0.2) is 0 Å². The molecule has 0 aliphatic heterocycles. The Hall–Kier alpha value is -1.25. The van der Waals surface area contributed by atoms with Gasteiger partial charge in [0, 0.05) is 10.0 Å². The minimum atomic E-state index is -4.74. The van der Waals surface area contributed by atoms with Crippen LogP contribution >= 0.6 is 31.9 Å². The van der Waals surface area contributed by atoms with Crippen LogP contribution in [0, 0.1) is 0 Å². The molecule has 3 N–H and O–H groups in total. The van der Waals surface area contributed by atoms with E-state index in [-0.39, 0.29) is 11.5 Å². The third-order valence-corrected chi connectivity index (χ3v) is 4.23. The molecule has 8 heteroatoms. The average Bonchev–Trinajstić information content (AvgIpc) is 2.42. The summed E-state index contributed by atoms with van der Waals surface area (Å²) in [6.07, 6.45) is -4.74. The van der Waals surface area contributed by atoms with Crippen molar-refractivity contribution in [2.24, 2.45) is 5.73 Å². The van der Waals surface area contributed by atoms with Crippen LogP contribution in [0.2, 0.25) is 0 Å². The van der Waals surface area contributed by atoms with Crippen molar-refractivity contribution in [3.8, 4) is 11.5 Å². The Balaban J connectivity index is 2.31. The zero-order valence-corrected chi connectivity index (χ0v) is 14.0. The maximum Gasteiger partial charge on any atom is 0.573 e. The van der Waals surface area contributed by atoms with E-state index in [4.69, 9.17) is 5.73 Å². The molecule has 3 nitrogen and oxygen atoms in total. The number of ether oxygens (including phenoxy) is 1. The standard InChI is InChI=1S/C14H10Br2F3NO2/c15-9-5-6-10(16)13(21)11(9)12(20)7-1-3-8(4-2-7)22-14(17,18)19/h1-6,12,21H,20H2/t12-/m0/s1. The fraction of sp³-hybridized carbons (Fsp3) is 0.143. The van der Waals surface area contributed by atoms with Crippen LogP contribution in [-0.2, 0) is 0 Å². The van der Waals surface area contributed by atoms with Crippen molar-refractivity contribution < 1.29 is 23.0 Å². The molecule has 22 heavy (non-hydrogen) atoms. The molecular weight excluding hydrogens is 431 g/mol. The van der Waals surface area contributed by atoms with Crippen LogP contribution in [0.15, 0.2) is 45.3 Å². The molecule has 0 fully saturated rings. The van der Waals surface area contributed by atoms with Gasteiger partial charge in [-0.3, -0.25) is 0 Å². The molecule has 0 unspecified atom stereocenters. The van der Waals surface area contributed by atoms with Crippen molar-refractivity contribution in [1.82, 2.24) is 0 Å². The molecule has 0 saturated heterocycles. The van der Waals surface area contributed by atoms with Gasteiger partial charge in [0.2, 0.25) is 0 Å². The molecule has 0 aliphatic rings. The topological polar surface area (TPSA) is 55.5 Å². The zero-order valence-electron chi connectivity index (χ0n) is 10.9. The average molecular weight is 441 g/mol. The maximum absolute atomic E-state index is 12.1. The summed E-state index contributed by atoms with van der Waals surface area (Å²) in [4.78, 5) is 0. The van der Waals surface area contributed by atoms with Gasteiger partial charge in [-0.1, -0.05) is 28.1 Å². The van der Waals surface area contributed by atoms with Gasteiger partial charge in [0.15, 0.2) is 0 Å². The molecule has 118 valence electrons. The Morgan fingerprint density at radius 2 is 1.55 bits per heavy atom. The second kappa shape index (κ2) is 6.47. The highest BCUT2D eigenvalue weighted by Crippen LogP contribution is 2.39. The van der Waals surface area contributed by atoms with Crippen LogP contribution in [0.4, 0.5) is 13.2 Å². The number of alkyl halides is 3. The van der Waals surface area contributed by atoms with E-state index >= 15 is 0 Å². The van der Waals surface area contributed by atoms with Crippen LogP contribution in [0.25, 0.3) is 0 Å². The van der Waals surface area contributed by atoms with Crippen LogP contribution in [-0.4, -0.2) is 11.5 Å². The third-order valence-electron chi connectivity index (χ3n) is 2.90. The molecule has 0 radical (unpaired) electrons. The summed E-state index contributed by atoms with van der Waals surface area (Å²) in [6.45, 7) is 0. The Morgan fingerprint density at radius 1 is 1.00 bits per heavy atom. The Labute approximate surface area is 141 Å². The molecule has 0 amide bonds. The molecule has 2 aromatic rings. The fourth-order valence-electron chi connectivity index (χ4n) is 1.90. The fourth-order valence-corrected chi connectivity index (χ4v) is 2.81. The van der Waals surface area contributed by atoms with Gasteiger partial charge < -0.3 is 15.6 Å². The Bertz CT molecular complexity index is 675. The SMILES string of the molecule is N[C@@H](c1ccc(OC(F)(F)F)cc1)c1c(Br)ccc(Br)c1O. The van der Waals surface area contributed by atoms with Crippen molar-refractivity contribution in [1.29, 1.82) is 0 Å². The molecule has 0 bridgehead atoms. The molecule has 0 spiro atoms. The molecule has 1 atom stereocenters. The van der Waals surface area contributed by atoms with Gasteiger partial charge in [0.25, 0.3) is 0 Å². The zero-order chi connectivity index (χ0) is 16.5. The molecule has 2 rings (SSSR count).